The predicted molar refractivity (Wildman–Crippen MR) is 89.1 cm³/mol. The summed E-state index contributed by atoms with van der Waals surface area (Å²) in [6.07, 6.45) is 0. The number of carbonyl (C=O) groups excluding carboxylic acids is 1. The minimum atomic E-state index is -0.272. The highest BCUT2D eigenvalue weighted by atomic mass is 79.9. The Morgan fingerprint density at radius 1 is 1.33 bits per heavy atom. The Labute approximate surface area is 136 Å². The van der Waals surface area contributed by atoms with Crippen molar-refractivity contribution in [2.24, 2.45) is 0 Å². The van der Waals surface area contributed by atoms with Crippen LogP contribution in [0.25, 0.3) is 0 Å². The largest absolute Gasteiger partial charge is 0.494 e. The van der Waals surface area contributed by atoms with E-state index >= 15 is 0 Å². The van der Waals surface area contributed by atoms with Crippen LogP contribution < -0.4 is 15.8 Å². The number of anilines is 2. The van der Waals surface area contributed by atoms with Gasteiger partial charge in [0.1, 0.15) is 5.75 Å². The molecule has 0 saturated carbocycles. The number of nitrogens with two attached hydrogens (primary N) is 1. The van der Waals surface area contributed by atoms with Crippen molar-refractivity contribution in [3.63, 3.8) is 0 Å². The molecular weight excluding hydrogens is 356 g/mol. The molecule has 0 saturated heterocycles. The minimum Gasteiger partial charge on any atom is -0.494 e. The fourth-order valence-electron chi connectivity index (χ4n) is 1.79. The topological polar surface area (TPSA) is 64.3 Å². The Morgan fingerprint density at radius 2 is 2.10 bits per heavy atom. The van der Waals surface area contributed by atoms with Crippen LogP contribution >= 0.6 is 27.5 Å². The van der Waals surface area contributed by atoms with Gasteiger partial charge in [-0.05, 0) is 53.2 Å². The molecule has 110 valence electrons. The summed E-state index contributed by atoms with van der Waals surface area (Å²) in [5.41, 5.74) is 7.32. The number of rotatable bonds is 4. The molecule has 2 rings (SSSR count). The van der Waals surface area contributed by atoms with Crippen molar-refractivity contribution in [2.45, 2.75) is 6.92 Å². The SMILES string of the molecule is CCOc1cc(N)cc(C(=O)Nc2ccc(Cl)cc2Br)c1. The summed E-state index contributed by atoms with van der Waals surface area (Å²) in [7, 11) is 0. The molecular formula is C15H14BrClN2O2. The van der Waals surface area contributed by atoms with Gasteiger partial charge in [-0.1, -0.05) is 11.6 Å². The second kappa shape index (κ2) is 6.83. The molecule has 0 aliphatic heterocycles. The fourth-order valence-corrected chi connectivity index (χ4v) is 2.57. The Kier molecular flexibility index (Phi) is 5.09. The van der Waals surface area contributed by atoms with E-state index in [9.17, 15) is 4.79 Å². The maximum atomic E-state index is 12.3. The van der Waals surface area contributed by atoms with Crippen molar-refractivity contribution >= 4 is 44.8 Å². The molecule has 0 spiro atoms. The first-order valence-electron chi connectivity index (χ1n) is 6.29. The average molecular weight is 370 g/mol. The first kappa shape index (κ1) is 15.7. The van der Waals surface area contributed by atoms with E-state index in [0.29, 0.717) is 38.8 Å². The smallest absolute Gasteiger partial charge is 0.255 e. The quantitative estimate of drug-likeness (QED) is 0.788. The number of hydrogen-bond acceptors (Lipinski definition) is 3. The summed E-state index contributed by atoms with van der Waals surface area (Å²) in [6, 6.07) is 10.1. The monoisotopic (exact) mass is 368 g/mol. The number of nitrogens with one attached hydrogen (secondary N) is 1. The van der Waals surface area contributed by atoms with Crippen LogP contribution in [0.4, 0.5) is 11.4 Å². The summed E-state index contributed by atoms with van der Waals surface area (Å²) in [6.45, 7) is 2.38. The normalized spacial score (nSPS) is 10.2. The van der Waals surface area contributed by atoms with Gasteiger partial charge in [0.05, 0.1) is 12.3 Å². The summed E-state index contributed by atoms with van der Waals surface area (Å²) in [4.78, 5) is 12.3. The van der Waals surface area contributed by atoms with Gasteiger partial charge in [0.2, 0.25) is 0 Å². The molecule has 4 nitrogen and oxygen atoms in total. The lowest BCUT2D eigenvalue weighted by atomic mass is 10.1. The molecule has 1 amide bonds. The van der Waals surface area contributed by atoms with Gasteiger partial charge in [0.25, 0.3) is 5.91 Å². The number of ether oxygens (including phenoxy) is 1. The van der Waals surface area contributed by atoms with Crippen LogP contribution in [0.15, 0.2) is 40.9 Å². The highest BCUT2D eigenvalue weighted by Crippen LogP contribution is 2.27. The maximum absolute atomic E-state index is 12.3. The number of nitrogen functional groups attached to an aromatic ring is 1. The van der Waals surface area contributed by atoms with Crippen LogP contribution in [-0.4, -0.2) is 12.5 Å². The number of amides is 1. The molecule has 21 heavy (non-hydrogen) atoms. The third kappa shape index (κ3) is 4.12. The molecule has 0 atom stereocenters. The van der Waals surface area contributed by atoms with E-state index in [1.165, 1.54) is 0 Å². The fraction of sp³-hybridized carbons (Fsp3) is 0.133. The van der Waals surface area contributed by atoms with E-state index in [1.807, 2.05) is 6.92 Å². The van der Waals surface area contributed by atoms with Crippen LogP contribution in [-0.2, 0) is 0 Å². The molecule has 0 radical (unpaired) electrons. The second-order valence-electron chi connectivity index (χ2n) is 4.30. The lowest BCUT2D eigenvalue weighted by Crippen LogP contribution is -2.13. The van der Waals surface area contributed by atoms with Gasteiger partial charge in [0, 0.05) is 26.8 Å². The Hall–Kier alpha value is -1.72. The Morgan fingerprint density at radius 3 is 2.76 bits per heavy atom. The van der Waals surface area contributed by atoms with Crippen LogP contribution in [0.3, 0.4) is 0 Å². The van der Waals surface area contributed by atoms with Crippen molar-refractivity contribution in [3.05, 3.63) is 51.5 Å². The highest BCUT2D eigenvalue weighted by molar-refractivity contribution is 9.10. The summed E-state index contributed by atoms with van der Waals surface area (Å²) < 4.78 is 6.09. The molecule has 6 heteroatoms. The molecule has 2 aromatic rings. The summed E-state index contributed by atoms with van der Waals surface area (Å²) in [5.74, 6) is 0.295. The lowest BCUT2D eigenvalue weighted by Gasteiger charge is -2.10. The zero-order valence-electron chi connectivity index (χ0n) is 11.3. The van der Waals surface area contributed by atoms with Crippen molar-refractivity contribution in [1.29, 1.82) is 0 Å². The first-order valence-corrected chi connectivity index (χ1v) is 7.46. The first-order chi connectivity index (χ1) is 9.99. The third-order valence-electron chi connectivity index (χ3n) is 2.68. The van der Waals surface area contributed by atoms with Crippen molar-refractivity contribution in [3.8, 4) is 5.75 Å². The molecule has 0 bridgehead atoms. The van der Waals surface area contributed by atoms with Crippen molar-refractivity contribution < 1.29 is 9.53 Å². The van der Waals surface area contributed by atoms with E-state index < -0.39 is 0 Å². The summed E-state index contributed by atoms with van der Waals surface area (Å²) in [5, 5.41) is 3.38. The van der Waals surface area contributed by atoms with Gasteiger partial charge in [-0.25, -0.2) is 0 Å². The third-order valence-corrected chi connectivity index (χ3v) is 3.57. The van der Waals surface area contributed by atoms with Gasteiger partial charge in [-0.15, -0.1) is 0 Å². The zero-order valence-corrected chi connectivity index (χ0v) is 13.7. The van der Waals surface area contributed by atoms with Gasteiger partial charge < -0.3 is 15.8 Å². The zero-order chi connectivity index (χ0) is 15.4. The van der Waals surface area contributed by atoms with Gasteiger partial charge >= 0.3 is 0 Å². The summed E-state index contributed by atoms with van der Waals surface area (Å²) >= 11 is 9.22. The number of hydrogen-bond donors (Lipinski definition) is 2. The van der Waals surface area contributed by atoms with Crippen LogP contribution in [0.2, 0.25) is 5.02 Å². The van der Waals surface area contributed by atoms with E-state index in [0.717, 1.165) is 0 Å². The Bertz CT molecular complexity index is 677. The van der Waals surface area contributed by atoms with E-state index in [-0.39, 0.29) is 5.91 Å². The second-order valence-corrected chi connectivity index (χ2v) is 5.59. The molecule has 0 heterocycles. The van der Waals surface area contributed by atoms with Crippen molar-refractivity contribution in [1.82, 2.24) is 0 Å². The van der Waals surface area contributed by atoms with E-state index in [1.54, 1.807) is 36.4 Å². The van der Waals surface area contributed by atoms with Crippen LogP contribution in [0.1, 0.15) is 17.3 Å². The van der Waals surface area contributed by atoms with Gasteiger partial charge in [-0.3, -0.25) is 4.79 Å². The molecule has 0 aliphatic carbocycles. The average Bonchev–Trinajstić information content (AvgIpc) is 2.41. The van der Waals surface area contributed by atoms with E-state index in [2.05, 4.69) is 21.2 Å². The highest BCUT2D eigenvalue weighted by Gasteiger charge is 2.11. The van der Waals surface area contributed by atoms with E-state index in [4.69, 9.17) is 22.1 Å². The number of carbonyl (C=O) groups is 1. The molecule has 0 fully saturated rings. The maximum Gasteiger partial charge on any atom is 0.255 e. The predicted octanol–water partition coefficient (Wildman–Crippen LogP) is 4.34. The molecule has 0 aromatic heterocycles. The van der Waals surface area contributed by atoms with Crippen LogP contribution in [0.5, 0.6) is 5.75 Å². The number of halogens is 2. The van der Waals surface area contributed by atoms with Gasteiger partial charge in [0.15, 0.2) is 0 Å². The molecule has 0 aliphatic rings. The molecule has 2 aromatic carbocycles. The molecule has 0 unspecified atom stereocenters. The van der Waals surface area contributed by atoms with Gasteiger partial charge in [-0.2, -0.15) is 0 Å². The van der Waals surface area contributed by atoms with Crippen molar-refractivity contribution in [2.75, 3.05) is 17.7 Å². The molecule has 3 N–H and O–H groups in total. The lowest BCUT2D eigenvalue weighted by molar-refractivity contribution is 0.102. The number of benzene rings is 2. The Balaban J connectivity index is 2.23. The minimum absolute atomic E-state index is 0.272. The van der Waals surface area contributed by atoms with Crippen LogP contribution in [0, 0.1) is 0 Å². The standard InChI is InChI=1S/C15H14BrClN2O2/c1-2-21-12-6-9(5-11(18)8-12)15(20)19-14-4-3-10(17)7-13(14)16/h3-8H,2,18H2,1H3,(H,19,20).